The lowest BCUT2D eigenvalue weighted by atomic mass is 10.2. The van der Waals surface area contributed by atoms with Crippen LogP contribution in [-0.4, -0.2) is 30.8 Å². The summed E-state index contributed by atoms with van der Waals surface area (Å²) in [6.07, 6.45) is 0. The first-order valence-electron chi connectivity index (χ1n) is 7.53. The number of anilines is 1. The normalized spacial score (nSPS) is 18.9. The Hall–Kier alpha value is -0.800. The minimum Gasteiger partial charge on any atom is -0.369 e. The van der Waals surface area contributed by atoms with Crippen molar-refractivity contribution in [3.63, 3.8) is 0 Å². The Kier molecular flexibility index (Phi) is 4.94. The maximum absolute atomic E-state index is 5.91. The highest BCUT2D eigenvalue weighted by molar-refractivity contribution is 8.65. The van der Waals surface area contributed by atoms with E-state index in [0.717, 1.165) is 26.2 Å². The van der Waals surface area contributed by atoms with E-state index >= 15 is 0 Å². The molecule has 1 aliphatic heterocycles. The molecule has 1 heterocycles. The van der Waals surface area contributed by atoms with Crippen LogP contribution in [0, 0.1) is 6.92 Å². The topological polar surface area (TPSA) is 6.48 Å². The van der Waals surface area contributed by atoms with E-state index in [1.165, 1.54) is 16.6 Å². The van der Waals surface area contributed by atoms with Crippen LogP contribution in [0.15, 0.2) is 54.6 Å². The van der Waals surface area contributed by atoms with Gasteiger partial charge in [-0.1, -0.05) is 59.8 Å². The molecular formula is C17H21N2PS2. The Morgan fingerprint density at radius 2 is 1.50 bits per heavy atom. The molecule has 2 aromatic rings. The number of piperazine rings is 1. The molecule has 22 heavy (non-hydrogen) atoms. The first-order valence-corrected chi connectivity index (χ1v) is 11.4. The first-order chi connectivity index (χ1) is 10.6. The van der Waals surface area contributed by atoms with E-state index < -0.39 is 5.39 Å². The summed E-state index contributed by atoms with van der Waals surface area (Å²) in [5, 5.41) is -0.725. The number of thiol groups is 1. The van der Waals surface area contributed by atoms with E-state index in [2.05, 4.69) is 71.1 Å². The Morgan fingerprint density at radius 3 is 2.09 bits per heavy atom. The lowest BCUT2D eigenvalue weighted by Gasteiger charge is -2.40. The standard InChI is InChI=1S/C17H21N2PS2/c1-15-7-9-17(10-8-15)20(21,22)19-13-11-18(12-14-19)16-5-3-2-4-6-16/h2-10H,11-14H2,1H3,(H,21,22). The molecule has 0 N–H and O–H groups in total. The maximum atomic E-state index is 5.91. The Bertz CT molecular complexity index is 665. The van der Waals surface area contributed by atoms with Gasteiger partial charge < -0.3 is 4.90 Å². The van der Waals surface area contributed by atoms with Crippen LogP contribution in [0.3, 0.4) is 0 Å². The van der Waals surface area contributed by atoms with Gasteiger partial charge in [0.25, 0.3) is 0 Å². The van der Waals surface area contributed by atoms with Gasteiger partial charge in [-0.3, -0.25) is 4.67 Å². The third kappa shape index (κ3) is 3.41. The monoisotopic (exact) mass is 348 g/mol. The first kappa shape index (κ1) is 16.1. The fourth-order valence-electron chi connectivity index (χ4n) is 2.77. The summed E-state index contributed by atoms with van der Waals surface area (Å²) in [6.45, 7) is 6.07. The number of para-hydroxylation sites is 1. The van der Waals surface area contributed by atoms with Gasteiger partial charge in [-0.25, -0.2) is 0 Å². The molecule has 5 heteroatoms. The number of hydrogen-bond acceptors (Lipinski definition) is 2. The molecule has 1 aliphatic rings. The van der Waals surface area contributed by atoms with Crippen LogP contribution < -0.4 is 10.2 Å². The number of rotatable bonds is 3. The predicted octanol–water partition coefficient (Wildman–Crippen LogP) is 3.68. The van der Waals surface area contributed by atoms with Crippen LogP contribution in [0.4, 0.5) is 5.69 Å². The summed E-state index contributed by atoms with van der Waals surface area (Å²) in [6, 6.07) is 19.1. The molecule has 2 aromatic carbocycles. The van der Waals surface area contributed by atoms with Gasteiger partial charge >= 0.3 is 0 Å². The smallest absolute Gasteiger partial charge is 0.0924 e. The zero-order chi connectivity index (χ0) is 15.6. The van der Waals surface area contributed by atoms with Crippen molar-refractivity contribution in [2.75, 3.05) is 31.1 Å². The van der Waals surface area contributed by atoms with Gasteiger partial charge in [0, 0.05) is 37.2 Å². The van der Waals surface area contributed by atoms with Crippen LogP contribution in [0.1, 0.15) is 5.56 Å². The third-order valence-electron chi connectivity index (χ3n) is 4.13. The fourth-order valence-corrected chi connectivity index (χ4v) is 6.14. The van der Waals surface area contributed by atoms with E-state index in [-0.39, 0.29) is 0 Å². The average molecular weight is 348 g/mol. The molecule has 116 valence electrons. The van der Waals surface area contributed by atoms with Crippen molar-refractivity contribution < 1.29 is 0 Å². The molecule has 0 spiro atoms. The maximum Gasteiger partial charge on any atom is 0.0924 e. The van der Waals surface area contributed by atoms with E-state index in [4.69, 9.17) is 24.1 Å². The van der Waals surface area contributed by atoms with E-state index in [0.29, 0.717) is 0 Å². The molecule has 1 fully saturated rings. The number of hydrogen-bond donors (Lipinski definition) is 1. The molecule has 0 aromatic heterocycles. The van der Waals surface area contributed by atoms with Crippen molar-refractivity contribution in [2.24, 2.45) is 0 Å². The molecule has 0 bridgehead atoms. The lowest BCUT2D eigenvalue weighted by molar-refractivity contribution is 0.423. The van der Waals surface area contributed by atoms with Gasteiger partial charge in [-0.2, -0.15) is 0 Å². The van der Waals surface area contributed by atoms with E-state index in [1.807, 2.05) is 0 Å². The van der Waals surface area contributed by atoms with Crippen molar-refractivity contribution in [1.29, 1.82) is 0 Å². The highest BCUT2D eigenvalue weighted by Gasteiger charge is 2.27. The second-order valence-corrected chi connectivity index (χ2v) is 12.0. The van der Waals surface area contributed by atoms with Gasteiger partial charge in [-0.15, -0.1) is 12.2 Å². The molecule has 0 saturated carbocycles. The van der Waals surface area contributed by atoms with Crippen LogP contribution in [0.25, 0.3) is 0 Å². The zero-order valence-corrected chi connectivity index (χ0v) is 15.3. The van der Waals surface area contributed by atoms with E-state index in [1.54, 1.807) is 0 Å². The van der Waals surface area contributed by atoms with Gasteiger partial charge in [0.2, 0.25) is 0 Å². The predicted molar refractivity (Wildman–Crippen MR) is 104 cm³/mol. The second kappa shape index (κ2) is 6.76. The van der Waals surface area contributed by atoms with Gasteiger partial charge in [0.15, 0.2) is 0 Å². The van der Waals surface area contributed by atoms with Crippen LogP contribution in [0.5, 0.6) is 0 Å². The third-order valence-corrected chi connectivity index (χ3v) is 9.05. The van der Waals surface area contributed by atoms with Gasteiger partial charge in [0.1, 0.15) is 0 Å². The summed E-state index contributed by atoms with van der Waals surface area (Å²) in [4.78, 5) is 2.43. The molecule has 1 saturated heterocycles. The van der Waals surface area contributed by atoms with Crippen LogP contribution >= 0.6 is 17.6 Å². The second-order valence-electron chi connectivity index (χ2n) is 5.66. The van der Waals surface area contributed by atoms with Crippen molar-refractivity contribution in [2.45, 2.75) is 6.92 Å². The molecule has 0 radical (unpaired) electrons. The average Bonchev–Trinajstić information content (AvgIpc) is 2.56. The molecule has 1 unspecified atom stereocenters. The summed E-state index contributed by atoms with van der Waals surface area (Å²) < 4.78 is 2.40. The molecular weight excluding hydrogens is 327 g/mol. The fraction of sp³-hybridized carbons (Fsp3) is 0.294. The summed E-state index contributed by atoms with van der Waals surface area (Å²) >= 11 is 10.8. The number of aryl methyl sites for hydroxylation is 1. The van der Waals surface area contributed by atoms with Gasteiger partial charge in [-0.05, 0) is 19.1 Å². The zero-order valence-electron chi connectivity index (χ0n) is 12.7. The van der Waals surface area contributed by atoms with Crippen molar-refractivity contribution in [3.8, 4) is 0 Å². The molecule has 3 rings (SSSR count). The van der Waals surface area contributed by atoms with E-state index in [9.17, 15) is 0 Å². The molecule has 0 aliphatic carbocycles. The molecule has 0 amide bonds. The largest absolute Gasteiger partial charge is 0.369 e. The quantitative estimate of drug-likeness (QED) is 0.668. The minimum atomic E-state index is -1.92. The Labute approximate surface area is 143 Å². The minimum absolute atomic E-state index is 0.976. The lowest BCUT2D eigenvalue weighted by Crippen LogP contribution is -2.45. The summed E-state index contributed by atoms with van der Waals surface area (Å²) in [7, 11) is 0. The van der Waals surface area contributed by atoms with Gasteiger partial charge in [0.05, 0.1) is 5.39 Å². The summed E-state index contributed by atoms with van der Waals surface area (Å²) in [5.74, 6) is 0. The van der Waals surface area contributed by atoms with Crippen molar-refractivity contribution in [3.05, 3.63) is 60.2 Å². The Morgan fingerprint density at radius 1 is 0.909 bits per heavy atom. The molecule has 2 nitrogen and oxygen atoms in total. The number of nitrogens with zero attached hydrogens (tertiary/aromatic N) is 2. The summed E-state index contributed by atoms with van der Waals surface area (Å²) in [5.41, 5.74) is 2.56. The molecule has 1 atom stereocenters. The van der Waals surface area contributed by atoms with Crippen molar-refractivity contribution in [1.82, 2.24) is 4.67 Å². The SMILES string of the molecule is Cc1ccc(P(=S)(S)N2CCN(c3ccccc3)CC2)cc1. The number of benzene rings is 2. The van der Waals surface area contributed by atoms with Crippen LogP contribution in [0.2, 0.25) is 0 Å². The van der Waals surface area contributed by atoms with Crippen LogP contribution in [-0.2, 0) is 11.8 Å². The highest BCUT2D eigenvalue weighted by atomic mass is 32.9. The Balaban J connectivity index is 1.70. The van der Waals surface area contributed by atoms with Crippen molar-refractivity contribution >= 4 is 40.4 Å². The highest BCUT2D eigenvalue weighted by Crippen LogP contribution is 2.53.